The monoisotopic (exact) mass is 382 g/mol. The Morgan fingerprint density at radius 1 is 1.21 bits per heavy atom. The van der Waals surface area contributed by atoms with Crippen LogP contribution in [0.15, 0.2) is 42.7 Å². The van der Waals surface area contributed by atoms with E-state index in [9.17, 15) is 4.79 Å². The molecule has 1 aromatic heterocycles. The highest BCUT2D eigenvalue weighted by Crippen LogP contribution is 2.21. The molecule has 1 aliphatic rings. The van der Waals surface area contributed by atoms with Gasteiger partial charge in [-0.3, -0.25) is 9.88 Å². The van der Waals surface area contributed by atoms with E-state index in [0.29, 0.717) is 24.7 Å². The van der Waals surface area contributed by atoms with Gasteiger partial charge in [-0.15, -0.1) is 0 Å². The Kier molecular flexibility index (Phi) is 7.37. The van der Waals surface area contributed by atoms with Crippen molar-refractivity contribution in [3.05, 3.63) is 54.0 Å². The van der Waals surface area contributed by atoms with E-state index in [4.69, 9.17) is 4.74 Å². The second kappa shape index (κ2) is 10.4. The molecule has 0 unspecified atom stereocenters. The van der Waals surface area contributed by atoms with Crippen LogP contribution in [0.3, 0.4) is 0 Å². The van der Waals surface area contributed by atoms with Crippen molar-refractivity contribution in [1.29, 1.82) is 0 Å². The second-order valence-electron chi connectivity index (χ2n) is 6.55. The molecule has 2 heterocycles. The fourth-order valence-corrected chi connectivity index (χ4v) is 3.03. The van der Waals surface area contributed by atoms with Crippen molar-refractivity contribution >= 4 is 17.9 Å². The van der Waals surface area contributed by atoms with Crippen LogP contribution in [-0.4, -0.2) is 54.2 Å². The van der Waals surface area contributed by atoms with Gasteiger partial charge in [-0.25, -0.2) is 9.78 Å². The van der Waals surface area contributed by atoms with Gasteiger partial charge in [0.05, 0.1) is 31.7 Å². The molecule has 1 fully saturated rings. The highest BCUT2D eigenvalue weighted by Gasteiger charge is 2.13. The van der Waals surface area contributed by atoms with Gasteiger partial charge in [0.1, 0.15) is 18.2 Å². The van der Waals surface area contributed by atoms with Gasteiger partial charge < -0.3 is 14.8 Å². The molecular weight excluding hydrogens is 356 g/mol. The van der Waals surface area contributed by atoms with Crippen molar-refractivity contribution < 1.29 is 14.3 Å². The van der Waals surface area contributed by atoms with Crippen LogP contribution in [-0.2, 0) is 16.1 Å². The lowest BCUT2D eigenvalue weighted by atomic mass is 10.2. The summed E-state index contributed by atoms with van der Waals surface area (Å²) < 4.78 is 10.5. The largest absolute Gasteiger partial charge is 0.491 e. The van der Waals surface area contributed by atoms with Crippen molar-refractivity contribution in [2.24, 2.45) is 0 Å². The van der Waals surface area contributed by atoms with E-state index in [1.54, 1.807) is 18.5 Å². The third-order valence-corrected chi connectivity index (χ3v) is 4.49. The maximum Gasteiger partial charge on any atom is 0.330 e. The minimum atomic E-state index is -0.425. The quantitative estimate of drug-likeness (QED) is 0.406. The molecule has 0 atom stereocenters. The van der Waals surface area contributed by atoms with Crippen LogP contribution in [0.4, 0.5) is 5.82 Å². The van der Waals surface area contributed by atoms with Crippen LogP contribution in [0.1, 0.15) is 24.1 Å². The van der Waals surface area contributed by atoms with Crippen LogP contribution in [0.2, 0.25) is 0 Å². The first-order chi connectivity index (χ1) is 13.7. The molecule has 1 saturated heterocycles. The molecule has 2 aromatic rings. The van der Waals surface area contributed by atoms with Gasteiger partial charge in [0, 0.05) is 18.2 Å². The van der Waals surface area contributed by atoms with Gasteiger partial charge >= 0.3 is 5.97 Å². The van der Waals surface area contributed by atoms with Crippen molar-refractivity contribution in [2.75, 3.05) is 38.7 Å². The Hall–Kier alpha value is -2.93. The molecule has 1 aliphatic heterocycles. The van der Waals surface area contributed by atoms with Crippen LogP contribution in [0.5, 0.6) is 5.75 Å². The standard InChI is InChI=1S/C21H26N4O3/c1-27-21(26)9-8-18-14-24-20(15-23-18)22-10-13-28-19-7-3-2-6-17(19)16-25-11-4-5-12-25/h2-3,6-9,14-15H,4-5,10-13,16H2,1H3,(H,22,24). The van der Waals surface area contributed by atoms with Crippen LogP contribution in [0, 0.1) is 0 Å². The molecule has 28 heavy (non-hydrogen) atoms. The fraction of sp³-hybridized carbons (Fsp3) is 0.381. The highest BCUT2D eigenvalue weighted by molar-refractivity contribution is 5.86. The number of aromatic nitrogens is 2. The summed E-state index contributed by atoms with van der Waals surface area (Å²) in [6.07, 6.45) is 8.65. The third-order valence-electron chi connectivity index (χ3n) is 4.49. The molecule has 0 radical (unpaired) electrons. The number of rotatable bonds is 9. The maximum atomic E-state index is 11.1. The highest BCUT2D eigenvalue weighted by atomic mass is 16.5. The average molecular weight is 382 g/mol. The normalized spacial score (nSPS) is 14.3. The molecule has 0 spiro atoms. The zero-order valence-corrected chi connectivity index (χ0v) is 16.1. The van der Waals surface area contributed by atoms with Crippen molar-refractivity contribution in [3.63, 3.8) is 0 Å². The van der Waals surface area contributed by atoms with Gasteiger partial charge in [0.2, 0.25) is 0 Å². The van der Waals surface area contributed by atoms with E-state index < -0.39 is 5.97 Å². The summed E-state index contributed by atoms with van der Waals surface area (Å²) in [5, 5.41) is 3.19. The fourth-order valence-electron chi connectivity index (χ4n) is 3.03. The number of hydrogen-bond acceptors (Lipinski definition) is 7. The van der Waals surface area contributed by atoms with Gasteiger partial charge in [-0.2, -0.15) is 0 Å². The van der Waals surface area contributed by atoms with Crippen LogP contribution in [0.25, 0.3) is 6.08 Å². The lowest BCUT2D eigenvalue weighted by Crippen LogP contribution is -2.19. The molecule has 0 amide bonds. The van der Waals surface area contributed by atoms with Gasteiger partial charge in [0.25, 0.3) is 0 Å². The number of anilines is 1. The maximum absolute atomic E-state index is 11.1. The summed E-state index contributed by atoms with van der Waals surface area (Å²) in [6.45, 7) is 4.42. The Balaban J connectivity index is 1.44. The predicted octanol–water partition coefficient (Wildman–Crippen LogP) is 2.75. The lowest BCUT2D eigenvalue weighted by Gasteiger charge is -2.17. The molecule has 1 N–H and O–H groups in total. The number of carbonyl (C=O) groups is 1. The van der Waals surface area contributed by atoms with E-state index in [0.717, 1.165) is 12.3 Å². The summed E-state index contributed by atoms with van der Waals surface area (Å²) in [5.74, 6) is 1.17. The van der Waals surface area contributed by atoms with E-state index in [1.165, 1.54) is 44.7 Å². The van der Waals surface area contributed by atoms with E-state index in [-0.39, 0.29) is 0 Å². The summed E-state index contributed by atoms with van der Waals surface area (Å²) >= 11 is 0. The minimum Gasteiger partial charge on any atom is -0.491 e. The third kappa shape index (κ3) is 6.06. The first-order valence-electron chi connectivity index (χ1n) is 9.49. The number of nitrogens with one attached hydrogen (secondary N) is 1. The molecule has 3 rings (SSSR count). The zero-order valence-electron chi connectivity index (χ0n) is 16.1. The minimum absolute atomic E-state index is 0.425. The molecule has 7 nitrogen and oxygen atoms in total. The SMILES string of the molecule is COC(=O)C=Cc1cnc(NCCOc2ccccc2CN2CCCC2)cn1. The Bertz CT molecular complexity index is 786. The van der Waals surface area contributed by atoms with Gasteiger partial charge in [0.15, 0.2) is 0 Å². The van der Waals surface area contributed by atoms with E-state index >= 15 is 0 Å². The van der Waals surface area contributed by atoms with E-state index in [1.807, 2.05) is 12.1 Å². The number of esters is 1. The number of nitrogens with zero attached hydrogens (tertiary/aromatic N) is 3. The van der Waals surface area contributed by atoms with Crippen molar-refractivity contribution in [2.45, 2.75) is 19.4 Å². The number of carbonyl (C=O) groups excluding carboxylic acids is 1. The first kappa shape index (κ1) is 19.8. The van der Waals surface area contributed by atoms with Crippen molar-refractivity contribution in [3.8, 4) is 5.75 Å². The predicted molar refractivity (Wildman–Crippen MR) is 108 cm³/mol. The number of methoxy groups -OCH3 is 1. The zero-order chi connectivity index (χ0) is 19.6. The molecule has 7 heteroatoms. The Labute approximate surface area is 165 Å². The summed E-state index contributed by atoms with van der Waals surface area (Å²) in [4.78, 5) is 22.0. The van der Waals surface area contributed by atoms with Crippen LogP contribution < -0.4 is 10.1 Å². The number of hydrogen-bond donors (Lipinski definition) is 1. The molecule has 0 bridgehead atoms. The number of benzene rings is 1. The summed E-state index contributed by atoms with van der Waals surface area (Å²) in [7, 11) is 1.33. The molecule has 148 valence electrons. The first-order valence-corrected chi connectivity index (χ1v) is 9.49. The number of ether oxygens (including phenoxy) is 2. The average Bonchev–Trinajstić information content (AvgIpc) is 3.24. The topological polar surface area (TPSA) is 76.6 Å². The smallest absolute Gasteiger partial charge is 0.330 e. The molecule has 0 aliphatic carbocycles. The molecule has 1 aromatic carbocycles. The Morgan fingerprint density at radius 3 is 2.79 bits per heavy atom. The van der Waals surface area contributed by atoms with Crippen molar-refractivity contribution in [1.82, 2.24) is 14.9 Å². The Morgan fingerprint density at radius 2 is 2.04 bits per heavy atom. The number of para-hydroxylation sites is 1. The van der Waals surface area contributed by atoms with Gasteiger partial charge in [-0.05, 0) is 38.1 Å². The second-order valence-corrected chi connectivity index (χ2v) is 6.55. The molecule has 0 saturated carbocycles. The van der Waals surface area contributed by atoms with E-state index in [2.05, 4.69) is 37.1 Å². The molecular formula is C21H26N4O3. The lowest BCUT2D eigenvalue weighted by molar-refractivity contribution is -0.134. The van der Waals surface area contributed by atoms with Gasteiger partial charge in [-0.1, -0.05) is 18.2 Å². The van der Waals surface area contributed by atoms with Crippen LogP contribution >= 0.6 is 0 Å². The summed E-state index contributed by atoms with van der Waals surface area (Å²) in [6, 6.07) is 8.21. The number of likely N-dealkylation sites (tertiary alicyclic amines) is 1. The summed E-state index contributed by atoms with van der Waals surface area (Å²) in [5.41, 5.74) is 1.81.